The first-order valence-electron chi connectivity index (χ1n) is 12.7. The Kier molecular flexibility index (Phi) is 7.28. The van der Waals surface area contributed by atoms with E-state index in [2.05, 4.69) is 15.6 Å². The van der Waals surface area contributed by atoms with Crippen molar-refractivity contribution in [1.82, 2.24) is 15.2 Å². The van der Waals surface area contributed by atoms with Crippen LogP contribution in [0.1, 0.15) is 47.2 Å². The summed E-state index contributed by atoms with van der Waals surface area (Å²) < 4.78 is 0. The highest BCUT2D eigenvalue weighted by molar-refractivity contribution is 6.05. The lowest BCUT2D eigenvalue weighted by Crippen LogP contribution is -2.52. The van der Waals surface area contributed by atoms with Crippen LogP contribution in [-0.2, 0) is 27.3 Å². The van der Waals surface area contributed by atoms with Crippen molar-refractivity contribution in [2.75, 3.05) is 5.32 Å². The van der Waals surface area contributed by atoms with Crippen molar-refractivity contribution in [3.63, 3.8) is 0 Å². The summed E-state index contributed by atoms with van der Waals surface area (Å²) in [6.45, 7) is 0.327. The number of aryl methyl sites for hydroxylation is 1. The largest absolute Gasteiger partial charge is 0.324 e. The number of fused-ring (bicyclic) bond motifs is 1. The van der Waals surface area contributed by atoms with E-state index in [0.29, 0.717) is 43.5 Å². The lowest BCUT2D eigenvalue weighted by molar-refractivity contribution is -0.137. The van der Waals surface area contributed by atoms with Crippen molar-refractivity contribution in [2.45, 2.75) is 50.7 Å². The maximum atomic E-state index is 13.0. The van der Waals surface area contributed by atoms with Crippen molar-refractivity contribution in [2.24, 2.45) is 5.73 Å². The number of piperidine rings is 1. The number of carbonyl (C=O) groups excluding carboxylic acids is 4. The number of anilines is 1. The number of imide groups is 1. The molecule has 0 saturated carbocycles. The van der Waals surface area contributed by atoms with Gasteiger partial charge in [0, 0.05) is 30.3 Å². The maximum Gasteiger partial charge on any atom is 0.255 e. The number of nitrogens with zero attached hydrogens (tertiary/aromatic N) is 2. The van der Waals surface area contributed by atoms with Crippen molar-refractivity contribution < 1.29 is 19.2 Å². The van der Waals surface area contributed by atoms with Gasteiger partial charge in [-0.25, -0.2) is 0 Å². The number of rotatable bonds is 8. The Bertz CT molecular complexity index is 1390. The Morgan fingerprint density at radius 3 is 2.63 bits per heavy atom. The fourth-order valence-corrected chi connectivity index (χ4v) is 5.09. The molecule has 4 amide bonds. The summed E-state index contributed by atoms with van der Waals surface area (Å²) in [4.78, 5) is 55.7. The Balaban J connectivity index is 1.20. The maximum absolute atomic E-state index is 13.0. The third-order valence-electron chi connectivity index (χ3n) is 7.10. The fourth-order valence-electron chi connectivity index (χ4n) is 5.09. The van der Waals surface area contributed by atoms with E-state index in [0.717, 1.165) is 22.4 Å². The highest BCUT2D eigenvalue weighted by Gasteiger charge is 2.39. The van der Waals surface area contributed by atoms with Gasteiger partial charge in [0.05, 0.1) is 17.4 Å². The fraction of sp³-hybridized carbons (Fsp3) is 0.276. The van der Waals surface area contributed by atoms with Gasteiger partial charge in [0.1, 0.15) is 6.04 Å². The molecule has 4 N–H and O–H groups in total. The van der Waals surface area contributed by atoms with Crippen LogP contribution in [0.25, 0.3) is 11.3 Å². The smallest absolute Gasteiger partial charge is 0.255 e. The minimum atomic E-state index is -0.704. The molecular weight excluding hydrogens is 482 g/mol. The van der Waals surface area contributed by atoms with Gasteiger partial charge in [-0.05, 0) is 61.1 Å². The van der Waals surface area contributed by atoms with Crippen LogP contribution < -0.4 is 16.4 Å². The summed E-state index contributed by atoms with van der Waals surface area (Å²) in [5.41, 5.74) is 10.9. The number of amides is 4. The topological polar surface area (TPSA) is 134 Å². The summed E-state index contributed by atoms with van der Waals surface area (Å²) in [6.07, 6.45) is 4.01. The van der Waals surface area contributed by atoms with E-state index in [-0.39, 0.29) is 24.1 Å². The molecule has 3 aromatic rings. The Hall–Kier alpha value is -4.37. The molecule has 1 aromatic heterocycles. The quantitative estimate of drug-likeness (QED) is 0.398. The number of pyridine rings is 1. The number of hydrogen-bond donors (Lipinski definition) is 3. The van der Waals surface area contributed by atoms with Crippen molar-refractivity contribution >= 4 is 29.3 Å². The van der Waals surface area contributed by atoms with Crippen LogP contribution in [0.5, 0.6) is 0 Å². The van der Waals surface area contributed by atoms with Crippen molar-refractivity contribution in [3.05, 3.63) is 83.6 Å². The van der Waals surface area contributed by atoms with Gasteiger partial charge in [0.15, 0.2) is 0 Å². The minimum absolute atomic E-state index is 0.195. The van der Waals surface area contributed by atoms with Crippen LogP contribution in [0.3, 0.4) is 0 Å². The number of hydrogen-bond acceptors (Lipinski definition) is 6. The molecule has 2 aromatic carbocycles. The summed E-state index contributed by atoms with van der Waals surface area (Å²) in [6, 6.07) is 17.3. The molecule has 2 atom stereocenters. The molecule has 194 valence electrons. The van der Waals surface area contributed by atoms with Gasteiger partial charge in [-0.2, -0.15) is 0 Å². The van der Waals surface area contributed by atoms with Crippen LogP contribution in [-0.4, -0.2) is 45.6 Å². The van der Waals surface area contributed by atoms with E-state index in [1.165, 1.54) is 0 Å². The van der Waals surface area contributed by atoms with Crippen LogP contribution in [0.2, 0.25) is 0 Å². The molecule has 2 aliphatic heterocycles. The molecule has 1 saturated heterocycles. The summed E-state index contributed by atoms with van der Waals surface area (Å²) >= 11 is 0. The molecular formula is C29H29N5O4. The average molecular weight is 512 g/mol. The van der Waals surface area contributed by atoms with Gasteiger partial charge in [-0.15, -0.1) is 0 Å². The van der Waals surface area contributed by atoms with E-state index in [1.54, 1.807) is 17.2 Å². The zero-order valence-electron chi connectivity index (χ0n) is 20.9. The monoisotopic (exact) mass is 511 g/mol. The van der Waals surface area contributed by atoms with Crippen LogP contribution >= 0.6 is 0 Å². The lowest BCUT2D eigenvalue weighted by atomic mass is 9.97. The van der Waals surface area contributed by atoms with Gasteiger partial charge >= 0.3 is 0 Å². The normalized spacial score (nSPS) is 17.7. The summed E-state index contributed by atoms with van der Waals surface area (Å²) in [5, 5.41) is 5.27. The Morgan fingerprint density at radius 2 is 1.84 bits per heavy atom. The first-order valence-corrected chi connectivity index (χ1v) is 12.7. The number of nitrogens with two attached hydrogens (primary N) is 1. The van der Waals surface area contributed by atoms with Crippen LogP contribution in [0.4, 0.5) is 5.69 Å². The Morgan fingerprint density at radius 1 is 1.05 bits per heavy atom. The number of benzene rings is 2. The van der Waals surface area contributed by atoms with Gasteiger partial charge < -0.3 is 16.0 Å². The molecule has 9 heteroatoms. The second kappa shape index (κ2) is 10.9. The molecule has 0 bridgehead atoms. The van der Waals surface area contributed by atoms with Gasteiger partial charge in [-0.1, -0.05) is 36.4 Å². The van der Waals surface area contributed by atoms with E-state index >= 15 is 0 Å². The lowest BCUT2D eigenvalue weighted by Gasteiger charge is -2.29. The Labute approximate surface area is 220 Å². The highest BCUT2D eigenvalue weighted by atomic mass is 16.2. The predicted octanol–water partition coefficient (Wildman–Crippen LogP) is 2.80. The van der Waals surface area contributed by atoms with E-state index in [1.807, 2.05) is 54.6 Å². The molecule has 9 nitrogen and oxygen atoms in total. The third kappa shape index (κ3) is 5.19. The molecule has 3 heterocycles. The molecule has 2 aliphatic rings. The molecule has 38 heavy (non-hydrogen) atoms. The second-order valence-electron chi connectivity index (χ2n) is 9.59. The summed E-state index contributed by atoms with van der Waals surface area (Å²) in [7, 11) is 0. The average Bonchev–Trinajstić information content (AvgIpc) is 3.26. The molecule has 1 fully saturated rings. The number of aromatic nitrogens is 1. The molecule has 0 radical (unpaired) electrons. The van der Waals surface area contributed by atoms with Crippen molar-refractivity contribution in [3.8, 4) is 11.3 Å². The highest BCUT2D eigenvalue weighted by Crippen LogP contribution is 2.31. The molecule has 1 unspecified atom stereocenters. The van der Waals surface area contributed by atoms with Gasteiger partial charge in [0.2, 0.25) is 17.7 Å². The zero-order chi connectivity index (χ0) is 26.6. The van der Waals surface area contributed by atoms with Crippen LogP contribution in [0.15, 0.2) is 66.9 Å². The number of carbonyl (C=O) groups is 4. The molecule has 0 aliphatic carbocycles. The first kappa shape index (κ1) is 25.3. The minimum Gasteiger partial charge on any atom is -0.324 e. The standard InChI is InChI=1S/C29H29N5O4/c30-22(27(36)32-24-13-2-1-9-20(24)23-12-3-4-16-31-23)11-6-8-18-7-5-10-19-21(18)17-34(29(19)38)25-14-15-26(35)33-28(25)37/h1-5,7,9-10,12-13,16,22,25H,6,8,11,14-15,17,30H2,(H,32,36)(H,33,35,37)/t22-,25?/m0/s1. The van der Waals surface area contributed by atoms with Gasteiger partial charge in [0.25, 0.3) is 5.91 Å². The van der Waals surface area contributed by atoms with Crippen molar-refractivity contribution in [1.29, 1.82) is 0 Å². The number of nitrogens with one attached hydrogen (secondary N) is 2. The van der Waals surface area contributed by atoms with Gasteiger partial charge in [-0.3, -0.25) is 29.5 Å². The zero-order valence-corrected chi connectivity index (χ0v) is 20.9. The second-order valence-corrected chi connectivity index (χ2v) is 9.59. The predicted molar refractivity (Wildman–Crippen MR) is 142 cm³/mol. The summed E-state index contributed by atoms with van der Waals surface area (Å²) in [5.74, 6) is -1.20. The van der Waals surface area contributed by atoms with E-state index in [4.69, 9.17) is 5.73 Å². The van der Waals surface area contributed by atoms with E-state index < -0.39 is 18.0 Å². The SMILES string of the molecule is N[C@@H](CCCc1cccc2c1CN(C1CCC(=O)NC1=O)C2=O)C(=O)Nc1ccccc1-c1ccccn1. The third-order valence-corrected chi connectivity index (χ3v) is 7.10. The number of para-hydroxylation sites is 1. The molecule has 5 rings (SSSR count). The van der Waals surface area contributed by atoms with E-state index in [9.17, 15) is 19.2 Å². The first-order chi connectivity index (χ1) is 18.4. The molecule has 0 spiro atoms. The van der Waals surface area contributed by atoms with Crippen LogP contribution in [0, 0.1) is 0 Å².